The monoisotopic (exact) mass is 322 g/mol. The molecule has 0 saturated heterocycles. The second kappa shape index (κ2) is 11.8. The summed E-state index contributed by atoms with van der Waals surface area (Å²) in [6, 6.07) is 0. The van der Waals surface area contributed by atoms with Crippen molar-refractivity contribution >= 4 is 5.91 Å². The van der Waals surface area contributed by atoms with Crippen LogP contribution in [0, 0.1) is 0 Å². The van der Waals surface area contributed by atoms with Crippen LogP contribution in [0.15, 0.2) is 0 Å². The number of aliphatic hydroxyl groups excluding tert-OH is 5. The van der Waals surface area contributed by atoms with Crippen LogP contribution in [0.2, 0.25) is 0 Å². The molecule has 0 unspecified atom stereocenters. The van der Waals surface area contributed by atoms with Crippen LogP contribution in [0.3, 0.4) is 0 Å². The number of carbonyl (C=O) groups is 1. The molecule has 7 nitrogen and oxygen atoms in total. The lowest BCUT2D eigenvalue weighted by molar-refractivity contribution is -0.138. The van der Waals surface area contributed by atoms with Gasteiger partial charge in [-0.1, -0.05) is 32.6 Å². The fraction of sp³-hybridized carbons (Fsp3) is 0.933. The first-order valence-electron chi connectivity index (χ1n) is 8.49. The number of likely N-dealkylation sites (N-methyl/N-ethyl adjacent to an activating group) is 1. The number of hydrogen-bond acceptors (Lipinski definition) is 6. The Bertz CT molecular complexity index is 320. The molecule has 7 heteroatoms. The van der Waals surface area contributed by atoms with E-state index in [0.717, 1.165) is 30.6 Å². The van der Waals surface area contributed by atoms with Crippen molar-refractivity contribution in [2.45, 2.75) is 69.9 Å². The van der Waals surface area contributed by atoms with Gasteiger partial charge in [0, 0.05) is 21.4 Å². The minimum atomic E-state index is -1.73. The zero-order valence-corrected chi connectivity index (χ0v) is 13.3. The Balaban J connectivity index is 4.31. The highest BCUT2D eigenvalue weighted by Gasteiger charge is 2.31. The van der Waals surface area contributed by atoms with E-state index in [1.807, 2.05) is 0 Å². The second-order valence-electron chi connectivity index (χ2n) is 5.58. The molecule has 0 aliphatic rings. The zero-order chi connectivity index (χ0) is 17.8. The van der Waals surface area contributed by atoms with E-state index in [2.05, 4.69) is 6.92 Å². The first kappa shape index (κ1) is 19.3. The number of aliphatic hydroxyl groups is 5. The van der Waals surface area contributed by atoms with Crippen molar-refractivity contribution in [3.05, 3.63) is 0 Å². The van der Waals surface area contributed by atoms with Crippen LogP contribution in [0.4, 0.5) is 0 Å². The topological polar surface area (TPSA) is 121 Å². The number of amides is 1. The highest BCUT2D eigenvalue weighted by Crippen LogP contribution is 2.09. The van der Waals surface area contributed by atoms with Crippen molar-refractivity contribution in [3.8, 4) is 0 Å². The van der Waals surface area contributed by atoms with E-state index >= 15 is 0 Å². The van der Waals surface area contributed by atoms with Crippen LogP contribution in [-0.4, -0.2) is 80.9 Å². The van der Waals surface area contributed by atoms with Crippen LogP contribution in [0.25, 0.3) is 0 Å². The van der Waals surface area contributed by atoms with Crippen LogP contribution < -0.4 is 0 Å². The summed E-state index contributed by atoms with van der Waals surface area (Å²) < 4.78 is 7.36. The fourth-order valence-corrected chi connectivity index (χ4v) is 2.04. The number of rotatable bonds is 12. The third kappa shape index (κ3) is 8.05. The van der Waals surface area contributed by atoms with Crippen LogP contribution in [0.1, 0.15) is 46.8 Å². The summed E-state index contributed by atoms with van der Waals surface area (Å²) in [5.41, 5.74) is 0. The van der Waals surface area contributed by atoms with Gasteiger partial charge in [0.25, 0.3) is 0 Å². The lowest BCUT2D eigenvalue weighted by Gasteiger charge is -2.28. The van der Waals surface area contributed by atoms with Gasteiger partial charge in [0.15, 0.2) is 0 Å². The molecule has 0 bridgehead atoms. The summed E-state index contributed by atoms with van der Waals surface area (Å²) in [7, 11) is -0.365. The predicted molar refractivity (Wildman–Crippen MR) is 82.1 cm³/mol. The molecule has 5 N–H and O–H groups in total. The van der Waals surface area contributed by atoms with E-state index in [1.54, 1.807) is 0 Å². The van der Waals surface area contributed by atoms with E-state index in [9.17, 15) is 25.2 Å². The second-order valence-corrected chi connectivity index (χ2v) is 5.58. The number of unbranched alkanes of at least 4 members (excludes halogenated alkanes) is 4. The van der Waals surface area contributed by atoms with Crippen molar-refractivity contribution in [1.82, 2.24) is 4.90 Å². The third-order valence-electron chi connectivity index (χ3n) is 3.58. The molecule has 0 aliphatic carbocycles. The van der Waals surface area contributed by atoms with Gasteiger partial charge in [0.1, 0.15) is 24.4 Å². The largest absolute Gasteiger partial charge is 0.394 e. The minimum absolute atomic E-state index is 0.271. The van der Waals surface area contributed by atoms with Gasteiger partial charge >= 0.3 is 0 Å². The van der Waals surface area contributed by atoms with E-state index < -0.39 is 31.0 Å². The van der Waals surface area contributed by atoms with Gasteiger partial charge in [-0.05, 0) is 6.42 Å². The summed E-state index contributed by atoms with van der Waals surface area (Å²) in [4.78, 5) is 13.1. The highest BCUT2D eigenvalue weighted by molar-refractivity contribution is 5.75. The van der Waals surface area contributed by atoms with Crippen molar-refractivity contribution in [3.63, 3.8) is 0 Å². The van der Waals surface area contributed by atoms with Gasteiger partial charge in [-0.2, -0.15) is 0 Å². The van der Waals surface area contributed by atoms with E-state index in [1.165, 1.54) is 0 Å². The van der Waals surface area contributed by atoms with E-state index in [0.29, 0.717) is 6.42 Å². The molecule has 0 aromatic heterocycles. The Labute approximate surface area is 133 Å². The first-order chi connectivity index (χ1) is 10.9. The summed E-state index contributed by atoms with van der Waals surface area (Å²) in [5.74, 6) is -0.292. The number of carbonyl (C=O) groups excluding carboxylic acids is 1. The molecule has 0 spiro atoms. The quantitative estimate of drug-likeness (QED) is 0.301. The Morgan fingerprint density at radius 3 is 2.18 bits per heavy atom. The molecule has 1 amide bonds. The smallest absolute Gasteiger partial charge is 0.222 e. The number of hydrogen-bond donors (Lipinski definition) is 5. The number of nitrogens with zero attached hydrogens (tertiary/aromatic N) is 1. The normalized spacial score (nSPS) is 17.5. The first-order valence-corrected chi connectivity index (χ1v) is 7.79. The molecule has 4 atom stereocenters. The molecule has 0 aromatic rings. The van der Waals surface area contributed by atoms with Gasteiger partial charge in [-0.15, -0.1) is 0 Å². The van der Waals surface area contributed by atoms with Crippen LogP contribution in [0.5, 0.6) is 0 Å². The minimum Gasteiger partial charge on any atom is -0.394 e. The maximum atomic E-state index is 12.0. The average Bonchev–Trinajstić information content (AvgIpc) is 2.56. The lowest BCUT2D eigenvalue weighted by atomic mass is 10.0. The molecular weight excluding hydrogens is 290 g/mol. The molecule has 0 rings (SSSR count). The summed E-state index contributed by atoms with van der Waals surface area (Å²) in [5, 5.41) is 47.1. The van der Waals surface area contributed by atoms with Gasteiger partial charge < -0.3 is 30.4 Å². The van der Waals surface area contributed by atoms with E-state index in [4.69, 9.17) is 6.48 Å². The Kier molecular flexibility index (Phi) is 10.3. The molecule has 0 aliphatic heterocycles. The molecule has 132 valence electrons. The van der Waals surface area contributed by atoms with Gasteiger partial charge in [-0.3, -0.25) is 4.79 Å². The molecular formula is C15H31NO6. The third-order valence-corrected chi connectivity index (χ3v) is 3.58. The fourth-order valence-electron chi connectivity index (χ4n) is 2.04. The Morgan fingerprint density at radius 2 is 1.64 bits per heavy atom. The maximum Gasteiger partial charge on any atom is 0.222 e. The van der Waals surface area contributed by atoms with Crippen molar-refractivity contribution in [2.24, 2.45) is 0 Å². The standard InChI is InChI=1S/C15H31NO6/c1-3-4-5-6-7-8-13(20)16(2)9-11(18)14(21)15(22)12(19)10-17/h11-12,14-15,17-19,21-22H,3-10H2,1-2H3/t11-,12+,14+,15+/m0/s1/i2D. The van der Waals surface area contributed by atoms with Gasteiger partial charge in [0.2, 0.25) is 5.91 Å². The van der Waals surface area contributed by atoms with E-state index in [-0.39, 0.29) is 25.9 Å². The molecule has 0 fully saturated rings. The molecule has 0 saturated carbocycles. The lowest BCUT2D eigenvalue weighted by Crippen LogP contribution is -2.49. The Morgan fingerprint density at radius 1 is 1.05 bits per heavy atom. The molecule has 0 heterocycles. The predicted octanol–water partition coefficient (Wildman–Crippen LogP) is -0.759. The average molecular weight is 322 g/mol. The van der Waals surface area contributed by atoms with Gasteiger partial charge in [0.05, 0.1) is 6.61 Å². The molecule has 0 radical (unpaired) electrons. The summed E-state index contributed by atoms with van der Waals surface area (Å²) >= 11 is 0. The van der Waals surface area contributed by atoms with Crippen LogP contribution >= 0.6 is 0 Å². The van der Waals surface area contributed by atoms with Gasteiger partial charge in [-0.25, -0.2) is 0 Å². The summed E-state index contributed by atoms with van der Waals surface area (Å²) in [6.07, 6.45) is -1.36. The van der Waals surface area contributed by atoms with Crippen molar-refractivity contribution in [1.29, 1.82) is 0 Å². The highest BCUT2D eigenvalue weighted by atomic mass is 16.4. The van der Waals surface area contributed by atoms with Crippen LogP contribution in [-0.2, 0) is 4.79 Å². The van der Waals surface area contributed by atoms with Crippen molar-refractivity contribution in [2.75, 3.05) is 20.2 Å². The Hall–Kier alpha value is -0.730. The van der Waals surface area contributed by atoms with Crippen molar-refractivity contribution < 1.29 is 31.7 Å². The molecule has 22 heavy (non-hydrogen) atoms. The SMILES string of the molecule is [2H]CN(C[C@H](O)[C@@H](O)[C@H](O)[C@H](O)CO)C(=O)CCCCCCC. The molecule has 0 aromatic carbocycles. The zero-order valence-electron chi connectivity index (χ0n) is 14.3. The maximum absolute atomic E-state index is 12.0. The summed E-state index contributed by atoms with van der Waals surface area (Å²) in [6.45, 7) is 1.03.